The van der Waals surface area contributed by atoms with Gasteiger partial charge < -0.3 is 14.4 Å². The lowest BCUT2D eigenvalue weighted by molar-refractivity contribution is 0.0377. The van der Waals surface area contributed by atoms with E-state index in [9.17, 15) is 9.90 Å². The quantitative estimate of drug-likeness (QED) is 0.781. The SMILES string of the molecule is Cc1ocnc1C(=O)N1CC[C@@H](c2ccc3ccccc3c2)[C@H](O)C1. The normalized spacial score (nSPS) is 20.8. The molecule has 1 aliphatic heterocycles. The number of amides is 1. The number of likely N-dealkylation sites (tertiary alicyclic amines) is 1. The van der Waals surface area contributed by atoms with E-state index in [0.717, 1.165) is 12.0 Å². The first kappa shape index (κ1) is 15.8. The number of nitrogens with zero attached hydrogens (tertiary/aromatic N) is 2. The highest BCUT2D eigenvalue weighted by molar-refractivity contribution is 5.93. The summed E-state index contributed by atoms with van der Waals surface area (Å²) in [6.45, 7) is 2.63. The van der Waals surface area contributed by atoms with E-state index in [1.807, 2.05) is 12.1 Å². The highest BCUT2D eigenvalue weighted by Crippen LogP contribution is 2.31. The fourth-order valence-corrected chi connectivity index (χ4v) is 3.60. The minimum Gasteiger partial charge on any atom is -0.448 e. The highest BCUT2D eigenvalue weighted by atomic mass is 16.3. The monoisotopic (exact) mass is 336 g/mol. The highest BCUT2D eigenvalue weighted by Gasteiger charge is 2.32. The van der Waals surface area contributed by atoms with E-state index in [1.165, 1.54) is 17.2 Å². The van der Waals surface area contributed by atoms with Gasteiger partial charge in [0.2, 0.25) is 0 Å². The Morgan fingerprint density at radius 2 is 2.04 bits per heavy atom. The summed E-state index contributed by atoms with van der Waals surface area (Å²) < 4.78 is 5.11. The van der Waals surface area contributed by atoms with Crippen molar-refractivity contribution in [3.63, 3.8) is 0 Å². The molecule has 0 saturated carbocycles. The Bertz CT molecular complexity index is 918. The molecule has 128 valence electrons. The van der Waals surface area contributed by atoms with Gasteiger partial charge in [0.05, 0.1) is 6.10 Å². The van der Waals surface area contributed by atoms with E-state index >= 15 is 0 Å². The second kappa shape index (κ2) is 6.33. The Balaban J connectivity index is 1.53. The van der Waals surface area contributed by atoms with Crippen molar-refractivity contribution in [1.82, 2.24) is 9.88 Å². The maximum Gasteiger partial charge on any atom is 0.276 e. The molecular weight excluding hydrogens is 316 g/mol. The van der Waals surface area contributed by atoms with Gasteiger partial charge in [-0.05, 0) is 29.7 Å². The third-order valence-corrected chi connectivity index (χ3v) is 5.02. The van der Waals surface area contributed by atoms with Gasteiger partial charge >= 0.3 is 0 Å². The van der Waals surface area contributed by atoms with Crippen LogP contribution in [0.25, 0.3) is 10.8 Å². The zero-order chi connectivity index (χ0) is 17.4. The number of piperidine rings is 1. The predicted molar refractivity (Wildman–Crippen MR) is 94.5 cm³/mol. The summed E-state index contributed by atoms with van der Waals surface area (Å²) in [6, 6.07) is 14.5. The lowest BCUT2D eigenvalue weighted by Crippen LogP contribution is -2.46. The van der Waals surface area contributed by atoms with Gasteiger partial charge in [-0.25, -0.2) is 4.98 Å². The van der Waals surface area contributed by atoms with Crippen LogP contribution in [0.3, 0.4) is 0 Å². The number of aliphatic hydroxyl groups is 1. The lowest BCUT2D eigenvalue weighted by Gasteiger charge is -2.36. The molecule has 1 aromatic heterocycles. The number of fused-ring (bicyclic) bond motifs is 1. The Labute approximate surface area is 145 Å². The molecule has 2 heterocycles. The van der Waals surface area contributed by atoms with Crippen LogP contribution in [-0.4, -0.2) is 40.1 Å². The van der Waals surface area contributed by atoms with Crippen LogP contribution in [0.15, 0.2) is 53.3 Å². The maximum atomic E-state index is 12.5. The number of oxazole rings is 1. The number of benzene rings is 2. The summed E-state index contributed by atoms with van der Waals surface area (Å²) in [7, 11) is 0. The number of carbonyl (C=O) groups excluding carboxylic acids is 1. The van der Waals surface area contributed by atoms with Crippen LogP contribution < -0.4 is 0 Å². The lowest BCUT2D eigenvalue weighted by atomic mass is 9.86. The van der Waals surface area contributed by atoms with Crippen molar-refractivity contribution in [1.29, 1.82) is 0 Å². The molecule has 2 aromatic carbocycles. The average molecular weight is 336 g/mol. The van der Waals surface area contributed by atoms with Gasteiger partial charge in [-0.3, -0.25) is 4.79 Å². The molecule has 2 atom stereocenters. The third-order valence-electron chi connectivity index (χ3n) is 5.02. The van der Waals surface area contributed by atoms with Gasteiger partial charge in [0.1, 0.15) is 5.76 Å². The van der Waals surface area contributed by atoms with Crippen LogP contribution in [0.5, 0.6) is 0 Å². The molecule has 1 saturated heterocycles. The van der Waals surface area contributed by atoms with Crippen molar-refractivity contribution in [2.75, 3.05) is 13.1 Å². The van der Waals surface area contributed by atoms with Gasteiger partial charge in [0.25, 0.3) is 5.91 Å². The molecule has 1 fully saturated rings. The second-order valence-electron chi connectivity index (χ2n) is 6.58. The number of aliphatic hydroxyl groups excluding tert-OH is 1. The number of aryl methyl sites for hydroxylation is 1. The first-order valence-corrected chi connectivity index (χ1v) is 8.49. The number of aromatic nitrogens is 1. The number of hydrogen-bond donors (Lipinski definition) is 1. The van der Waals surface area contributed by atoms with E-state index in [1.54, 1.807) is 11.8 Å². The van der Waals surface area contributed by atoms with Crippen molar-refractivity contribution < 1.29 is 14.3 Å². The van der Waals surface area contributed by atoms with E-state index in [0.29, 0.717) is 24.5 Å². The molecule has 5 heteroatoms. The Hall–Kier alpha value is -2.66. The van der Waals surface area contributed by atoms with Crippen LogP contribution in [0.4, 0.5) is 0 Å². The molecule has 0 aliphatic carbocycles. The molecule has 1 N–H and O–H groups in total. The smallest absolute Gasteiger partial charge is 0.276 e. The summed E-state index contributed by atoms with van der Waals surface area (Å²) in [5.74, 6) is 0.366. The molecule has 25 heavy (non-hydrogen) atoms. The summed E-state index contributed by atoms with van der Waals surface area (Å²) in [4.78, 5) is 18.2. The van der Waals surface area contributed by atoms with E-state index in [-0.39, 0.29) is 11.8 Å². The molecule has 3 aromatic rings. The fraction of sp³-hybridized carbons (Fsp3) is 0.300. The second-order valence-corrected chi connectivity index (χ2v) is 6.58. The number of β-amino-alcohol motifs (C(OH)–C–C–N with tert-alkyl or cyclic N) is 1. The van der Waals surface area contributed by atoms with E-state index < -0.39 is 6.10 Å². The molecule has 4 rings (SSSR count). The van der Waals surface area contributed by atoms with Crippen LogP contribution >= 0.6 is 0 Å². The Morgan fingerprint density at radius 3 is 2.76 bits per heavy atom. The van der Waals surface area contributed by atoms with Gasteiger partial charge in [-0.15, -0.1) is 0 Å². The molecule has 1 aliphatic rings. The first-order chi connectivity index (χ1) is 12.1. The molecule has 0 unspecified atom stereocenters. The zero-order valence-electron chi connectivity index (χ0n) is 14.1. The van der Waals surface area contributed by atoms with Crippen molar-refractivity contribution in [3.05, 3.63) is 65.9 Å². The van der Waals surface area contributed by atoms with Gasteiger partial charge in [0.15, 0.2) is 12.1 Å². The number of hydrogen-bond acceptors (Lipinski definition) is 4. The van der Waals surface area contributed by atoms with Crippen LogP contribution in [0.2, 0.25) is 0 Å². The molecular formula is C20H20N2O3. The van der Waals surface area contributed by atoms with Crippen molar-refractivity contribution in [2.45, 2.75) is 25.4 Å². The number of rotatable bonds is 2. The Morgan fingerprint density at radius 1 is 1.24 bits per heavy atom. The van der Waals surface area contributed by atoms with E-state index in [4.69, 9.17) is 4.42 Å². The van der Waals surface area contributed by atoms with Gasteiger partial charge in [-0.1, -0.05) is 42.5 Å². The largest absolute Gasteiger partial charge is 0.448 e. The summed E-state index contributed by atoms with van der Waals surface area (Å²) in [6.07, 6.45) is 1.41. The van der Waals surface area contributed by atoms with Crippen molar-refractivity contribution in [2.24, 2.45) is 0 Å². The van der Waals surface area contributed by atoms with E-state index in [2.05, 4.69) is 35.3 Å². The van der Waals surface area contributed by atoms with Gasteiger partial charge in [-0.2, -0.15) is 0 Å². The summed E-state index contributed by atoms with van der Waals surface area (Å²) in [5.41, 5.74) is 1.45. The third kappa shape index (κ3) is 2.91. The fourth-order valence-electron chi connectivity index (χ4n) is 3.60. The molecule has 0 bridgehead atoms. The standard InChI is InChI=1S/C20H20N2O3/c1-13-19(21-12-25-13)20(24)22-9-8-17(18(23)11-22)16-7-6-14-4-2-3-5-15(14)10-16/h2-7,10,12,17-18,23H,8-9,11H2,1H3/t17-,18+/m0/s1. The van der Waals surface area contributed by atoms with Crippen LogP contribution in [-0.2, 0) is 0 Å². The molecule has 0 spiro atoms. The maximum absolute atomic E-state index is 12.5. The summed E-state index contributed by atoms with van der Waals surface area (Å²) >= 11 is 0. The van der Waals surface area contributed by atoms with Crippen molar-refractivity contribution in [3.8, 4) is 0 Å². The average Bonchev–Trinajstić information content (AvgIpc) is 3.06. The van der Waals surface area contributed by atoms with Crippen molar-refractivity contribution >= 4 is 16.7 Å². The summed E-state index contributed by atoms with van der Waals surface area (Å²) in [5, 5.41) is 13.0. The molecule has 5 nitrogen and oxygen atoms in total. The zero-order valence-corrected chi connectivity index (χ0v) is 14.1. The van der Waals surface area contributed by atoms with Crippen LogP contribution in [0, 0.1) is 6.92 Å². The molecule has 1 amide bonds. The number of carbonyl (C=O) groups is 1. The topological polar surface area (TPSA) is 66.6 Å². The minimum absolute atomic E-state index is 0.0343. The Kier molecular flexibility index (Phi) is 4.01. The predicted octanol–water partition coefficient (Wildman–Crippen LogP) is 3.13. The van der Waals surface area contributed by atoms with Gasteiger partial charge in [0, 0.05) is 19.0 Å². The first-order valence-electron chi connectivity index (χ1n) is 8.49. The van der Waals surface area contributed by atoms with Crippen LogP contribution in [0.1, 0.15) is 34.2 Å². The molecule has 0 radical (unpaired) electrons. The minimum atomic E-state index is -0.592.